The third kappa shape index (κ3) is 2.37. The summed E-state index contributed by atoms with van der Waals surface area (Å²) in [5.74, 6) is 0.373. The van der Waals surface area contributed by atoms with E-state index in [1.54, 1.807) is 17.7 Å². The van der Waals surface area contributed by atoms with Gasteiger partial charge >= 0.3 is 5.69 Å². The van der Waals surface area contributed by atoms with Gasteiger partial charge in [0.1, 0.15) is 0 Å². The highest BCUT2D eigenvalue weighted by Crippen LogP contribution is 2.18. The Kier molecular flexibility index (Phi) is 3.50. The lowest BCUT2D eigenvalue weighted by Crippen LogP contribution is -2.34. The second kappa shape index (κ2) is 4.47. The topological polar surface area (TPSA) is 54.9 Å². The second-order valence-electron chi connectivity index (χ2n) is 4.20. The molecule has 84 valence electrons. The Morgan fingerprint density at radius 2 is 2.00 bits per heavy atom. The van der Waals surface area contributed by atoms with Gasteiger partial charge in [-0.15, -0.1) is 0 Å². The third-order valence-electron chi connectivity index (χ3n) is 2.69. The molecule has 1 unspecified atom stereocenters. The van der Waals surface area contributed by atoms with Gasteiger partial charge < -0.3 is 0 Å². The molecule has 0 saturated carbocycles. The average molecular weight is 210 g/mol. The Labute approximate surface area is 89.0 Å². The molecule has 1 N–H and O–H groups in total. The highest BCUT2D eigenvalue weighted by molar-refractivity contribution is 5.01. The van der Waals surface area contributed by atoms with E-state index in [1.807, 2.05) is 6.92 Å². The lowest BCUT2D eigenvalue weighted by molar-refractivity contribution is 0.351. The molecule has 1 heterocycles. The number of nitrogens with zero attached hydrogens (tertiary/aromatic N) is 1. The van der Waals surface area contributed by atoms with Gasteiger partial charge in [0.25, 0.3) is 5.56 Å². The summed E-state index contributed by atoms with van der Waals surface area (Å²) in [6.07, 6.45) is 2.53. The van der Waals surface area contributed by atoms with E-state index in [4.69, 9.17) is 0 Å². The van der Waals surface area contributed by atoms with Gasteiger partial charge in [-0.3, -0.25) is 14.3 Å². The third-order valence-corrected chi connectivity index (χ3v) is 2.69. The van der Waals surface area contributed by atoms with Crippen molar-refractivity contribution in [3.05, 3.63) is 32.6 Å². The summed E-state index contributed by atoms with van der Waals surface area (Å²) in [5, 5.41) is 0. The van der Waals surface area contributed by atoms with E-state index >= 15 is 0 Å². The second-order valence-corrected chi connectivity index (χ2v) is 4.20. The zero-order chi connectivity index (χ0) is 11.6. The minimum absolute atomic E-state index is 0.146. The summed E-state index contributed by atoms with van der Waals surface area (Å²) in [5.41, 5.74) is -0.0327. The molecule has 1 atom stereocenters. The van der Waals surface area contributed by atoms with Crippen molar-refractivity contribution in [2.24, 2.45) is 5.92 Å². The molecule has 4 nitrogen and oxygen atoms in total. The van der Waals surface area contributed by atoms with Crippen LogP contribution in [0.5, 0.6) is 0 Å². The standard InChI is InChI=1S/C11H18N2O2/c1-5-9(7(2)3)13-6-8(4)10(14)12-11(13)15/h6-7,9H,5H2,1-4H3,(H,12,14,15). The Bertz CT molecular complexity index is 443. The number of aromatic amines is 1. The number of aromatic nitrogens is 2. The number of aryl methyl sites for hydroxylation is 1. The van der Waals surface area contributed by atoms with Crippen LogP contribution < -0.4 is 11.2 Å². The van der Waals surface area contributed by atoms with Crippen LogP contribution in [-0.4, -0.2) is 9.55 Å². The van der Waals surface area contributed by atoms with E-state index in [0.29, 0.717) is 11.5 Å². The van der Waals surface area contributed by atoms with Crippen LogP contribution in [0, 0.1) is 12.8 Å². The normalized spacial score (nSPS) is 13.1. The molecule has 0 aromatic carbocycles. The Hall–Kier alpha value is -1.32. The van der Waals surface area contributed by atoms with Crippen LogP contribution in [-0.2, 0) is 0 Å². The predicted octanol–water partition coefficient (Wildman–Crippen LogP) is 1.45. The van der Waals surface area contributed by atoms with Crippen LogP contribution >= 0.6 is 0 Å². The largest absolute Gasteiger partial charge is 0.328 e. The van der Waals surface area contributed by atoms with E-state index in [1.165, 1.54) is 0 Å². The number of hydrogen-bond donors (Lipinski definition) is 1. The van der Waals surface area contributed by atoms with Crippen molar-refractivity contribution in [3.63, 3.8) is 0 Å². The first-order chi connectivity index (χ1) is 6.97. The SMILES string of the molecule is CCC(C(C)C)n1cc(C)c(=O)[nH]c1=O. The lowest BCUT2D eigenvalue weighted by atomic mass is 10.0. The first kappa shape index (κ1) is 11.8. The minimum atomic E-state index is -0.314. The van der Waals surface area contributed by atoms with E-state index in [0.717, 1.165) is 6.42 Å². The van der Waals surface area contributed by atoms with Gasteiger partial charge in [0.05, 0.1) is 0 Å². The predicted molar refractivity (Wildman–Crippen MR) is 60.2 cm³/mol. The van der Waals surface area contributed by atoms with Crippen LogP contribution in [0.2, 0.25) is 0 Å². The lowest BCUT2D eigenvalue weighted by Gasteiger charge is -2.21. The molecule has 0 aliphatic heterocycles. The fraction of sp³-hybridized carbons (Fsp3) is 0.636. The van der Waals surface area contributed by atoms with Crippen molar-refractivity contribution in [1.29, 1.82) is 0 Å². The fourth-order valence-corrected chi connectivity index (χ4v) is 1.82. The molecule has 0 fully saturated rings. The maximum Gasteiger partial charge on any atom is 0.328 e. The van der Waals surface area contributed by atoms with Crippen molar-refractivity contribution in [2.75, 3.05) is 0 Å². The maximum absolute atomic E-state index is 11.6. The van der Waals surface area contributed by atoms with Gasteiger partial charge in [-0.1, -0.05) is 20.8 Å². The van der Waals surface area contributed by atoms with Crippen LogP contribution in [0.3, 0.4) is 0 Å². The van der Waals surface area contributed by atoms with Crippen molar-refractivity contribution >= 4 is 0 Å². The zero-order valence-electron chi connectivity index (χ0n) is 9.70. The van der Waals surface area contributed by atoms with Gasteiger partial charge in [-0.2, -0.15) is 0 Å². The summed E-state index contributed by atoms with van der Waals surface area (Å²) < 4.78 is 1.63. The van der Waals surface area contributed by atoms with Gasteiger partial charge in [0.2, 0.25) is 0 Å². The highest BCUT2D eigenvalue weighted by atomic mass is 16.2. The summed E-state index contributed by atoms with van der Waals surface area (Å²) in [6.45, 7) is 7.89. The highest BCUT2D eigenvalue weighted by Gasteiger charge is 2.15. The van der Waals surface area contributed by atoms with Gasteiger partial charge in [-0.05, 0) is 19.3 Å². The number of rotatable bonds is 3. The van der Waals surface area contributed by atoms with Crippen LogP contribution in [0.1, 0.15) is 38.8 Å². The fourth-order valence-electron chi connectivity index (χ4n) is 1.82. The summed E-state index contributed by atoms with van der Waals surface area (Å²) in [4.78, 5) is 25.1. The van der Waals surface area contributed by atoms with E-state index in [2.05, 4.69) is 18.8 Å². The summed E-state index contributed by atoms with van der Waals surface area (Å²) in [6, 6.07) is 0.146. The number of hydrogen-bond acceptors (Lipinski definition) is 2. The van der Waals surface area contributed by atoms with Crippen molar-refractivity contribution < 1.29 is 0 Å². The number of H-pyrrole nitrogens is 1. The van der Waals surface area contributed by atoms with Crippen LogP contribution in [0.25, 0.3) is 0 Å². The molecule has 15 heavy (non-hydrogen) atoms. The monoisotopic (exact) mass is 210 g/mol. The first-order valence-electron chi connectivity index (χ1n) is 5.29. The smallest absolute Gasteiger partial charge is 0.297 e. The molecule has 0 aliphatic rings. The molecule has 0 saturated heterocycles. The molecule has 0 aliphatic carbocycles. The molecule has 0 radical (unpaired) electrons. The molecule has 0 bridgehead atoms. The zero-order valence-corrected chi connectivity index (χ0v) is 9.70. The molecule has 1 rings (SSSR count). The maximum atomic E-state index is 11.6. The van der Waals surface area contributed by atoms with Gasteiger partial charge in [0, 0.05) is 17.8 Å². The Morgan fingerprint density at radius 1 is 1.40 bits per heavy atom. The van der Waals surface area contributed by atoms with Crippen LogP contribution in [0.15, 0.2) is 15.8 Å². The van der Waals surface area contributed by atoms with Gasteiger partial charge in [-0.25, -0.2) is 4.79 Å². The van der Waals surface area contributed by atoms with E-state index in [9.17, 15) is 9.59 Å². The van der Waals surface area contributed by atoms with E-state index < -0.39 is 0 Å². The molecule has 1 aromatic rings. The molecular formula is C11H18N2O2. The molecule has 1 aromatic heterocycles. The number of nitrogens with one attached hydrogen (secondary N) is 1. The van der Waals surface area contributed by atoms with Crippen LogP contribution in [0.4, 0.5) is 0 Å². The Balaban J connectivity index is 3.31. The van der Waals surface area contributed by atoms with Crippen molar-refractivity contribution in [2.45, 2.75) is 40.2 Å². The average Bonchev–Trinajstić information content (AvgIpc) is 2.14. The molecule has 4 heteroatoms. The van der Waals surface area contributed by atoms with Crippen molar-refractivity contribution in [3.8, 4) is 0 Å². The molecular weight excluding hydrogens is 192 g/mol. The Morgan fingerprint density at radius 3 is 2.47 bits per heavy atom. The van der Waals surface area contributed by atoms with E-state index in [-0.39, 0.29) is 17.3 Å². The van der Waals surface area contributed by atoms with Gasteiger partial charge in [0.15, 0.2) is 0 Å². The quantitative estimate of drug-likeness (QED) is 0.821. The van der Waals surface area contributed by atoms with Crippen molar-refractivity contribution in [1.82, 2.24) is 9.55 Å². The summed E-state index contributed by atoms with van der Waals surface area (Å²) >= 11 is 0. The molecule has 0 amide bonds. The summed E-state index contributed by atoms with van der Waals surface area (Å²) in [7, 11) is 0. The minimum Gasteiger partial charge on any atom is -0.297 e. The first-order valence-corrected chi connectivity index (χ1v) is 5.29. The molecule has 0 spiro atoms.